The zero-order chi connectivity index (χ0) is 31.5. The second kappa shape index (κ2) is 10.9. The van der Waals surface area contributed by atoms with Crippen LogP contribution >= 0.6 is 0 Å². The molecule has 0 atom stereocenters. The highest BCUT2D eigenvalue weighted by Crippen LogP contribution is 2.42. The molecule has 2 heterocycles. The van der Waals surface area contributed by atoms with E-state index in [2.05, 4.69) is 178 Å². The lowest BCUT2D eigenvalue weighted by molar-refractivity contribution is 0.00578. The number of rotatable bonds is 5. The summed E-state index contributed by atoms with van der Waals surface area (Å²) in [4.78, 5) is 0. The smallest absolute Gasteiger partial charge is 0.399 e. The van der Waals surface area contributed by atoms with E-state index in [9.17, 15) is 0 Å². The summed E-state index contributed by atoms with van der Waals surface area (Å²) in [5.41, 5.74) is 10.7. The van der Waals surface area contributed by atoms with E-state index in [-0.39, 0.29) is 0 Å². The molecule has 0 spiro atoms. The number of nitrogens with zero attached hydrogens (tertiary/aromatic N) is 1. The van der Waals surface area contributed by atoms with Gasteiger partial charge < -0.3 is 13.9 Å². The minimum atomic E-state index is -0.449. The van der Waals surface area contributed by atoms with Gasteiger partial charge in [-0.05, 0) is 91.3 Å². The quantitative estimate of drug-likeness (QED) is 0.184. The monoisotopic (exact) mass is 597 g/mol. The van der Waals surface area contributed by atoms with Crippen LogP contribution < -0.4 is 5.46 Å². The Balaban J connectivity index is 1.42. The summed E-state index contributed by atoms with van der Waals surface area (Å²) in [6.07, 6.45) is 0. The lowest BCUT2D eigenvalue weighted by Crippen LogP contribution is -2.41. The molecule has 1 fully saturated rings. The molecule has 1 aromatic heterocycles. The van der Waals surface area contributed by atoms with Gasteiger partial charge in [0.15, 0.2) is 0 Å². The summed E-state index contributed by atoms with van der Waals surface area (Å²) < 4.78 is 15.5. The average Bonchev–Trinajstić information content (AvgIpc) is 3.53. The number of benzene rings is 6. The summed E-state index contributed by atoms with van der Waals surface area (Å²) in [5.74, 6) is 0. The molecule has 7 aromatic rings. The van der Waals surface area contributed by atoms with Crippen molar-refractivity contribution >= 4 is 34.4 Å². The van der Waals surface area contributed by atoms with E-state index in [1.807, 2.05) is 0 Å². The van der Waals surface area contributed by atoms with Gasteiger partial charge in [0.2, 0.25) is 0 Å². The maximum atomic E-state index is 6.52. The van der Waals surface area contributed by atoms with E-state index in [1.165, 1.54) is 49.7 Å². The van der Waals surface area contributed by atoms with Crippen LogP contribution in [0.4, 0.5) is 0 Å². The van der Waals surface area contributed by atoms with Crippen LogP contribution in [-0.2, 0) is 9.31 Å². The van der Waals surface area contributed by atoms with Crippen molar-refractivity contribution in [3.63, 3.8) is 0 Å². The third-order valence-electron chi connectivity index (χ3n) is 9.84. The van der Waals surface area contributed by atoms with Crippen LogP contribution in [0.3, 0.4) is 0 Å². The number of hydrogen-bond donors (Lipinski definition) is 0. The van der Waals surface area contributed by atoms with Gasteiger partial charge in [0.05, 0.1) is 22.2 Å². The Kier molecular flexibility index (Phi) is 6.75. The van der Waals surface area contributed by atoms with E-state index in [0.29, 0.717) is 0 Å². The highest BCUT2D eigenvalue weighted by Gasteiger charge is 2.51. The maximum Gasteiger partial charge on any atom is 0.494 e. The Morgan fingerprint density at radius 2 is 1.00 bits per heavy atom. The second-order valence-corrected chi connectivity index (χ2v) is 13.3. The molecule has 46 heavy (non-hydrogen) atoms. The van der Waals surface area contributed by atoms with Crippen molar-refractivity contribution in [3.8, 4) is 39.1 Å². The Bertz CT molecular complexity index is 2170. The molecular weight excluding hydrogens is 561 g/mol. The van der Waals surface area contributed by atoms with Crippen molar-refractivity contribution in [3.05, 3.63) is 146 Å². The average molecular weight is 598 g/mol. The zero-order valence-electron chi connectivity index (χ0n) is 26.7. The minimum absolute atomic E-state index is 0.419. The number of aromatic nitrogens is 1. The molecule has 3 nitrogen and oxygen atoms in total. The summed E-state index contributed by atoms with van der Waals surface area (Å²) >= 11 is 0. The van der Waals surface area contributed by atoms with Crippen LogP contribution in [0.2, 0.25) is 0 Å². The predicted octanol–water partition coefficient (Wildman–Crippen LogP) is 10.1. The fraction of sp³-hybridized carbons (Fsp3) is 0.143. The van der Waals surface area contributed by atoms with Crippen molar-refractivity contribution in [2.24, 2.45) is 0 Å². The van der Waals surface area contributed by atoms with Crippen LogP contribution in [0.15, 0.2) is 146 Å². The van der Waals surface area contributed by atoms with Gasteiger partial charge in [0.1, 0.15) is 0 Å². The SMILES string of the molecule is CC1(C)OB(c2ccc3c4cc(-c5ccccc5)cc(-c5ccccc5)c4n(-c4ccc(-c5ccccc5)cc4)c3c2)OC1(C)C. The molecule has 0 aliphatic carbocycles. The topological polar surface area (TPSA) is 23.4 Å². The summed E-state index contributed by atoms with van der Waals surface area (Å²) in [6, 6.07) is 52.2. The highest BCUT2D eigenvalue weighted by atomic mass is 16.7. The molecule has 0 radical (unpaired) electrons. The van der Waals surface area contributed by atoms with Gasteiger partial charge in [-0.25, -0.2) is 0 Å². The van der Waals surface area contributed by atoms with Crippen LogP contribution in [0.5, 0.6) is 0 Å². The largest absolute Gasteiger partial charge is 0.494 e. The molecule has 1 aliphatic rings. The van der Waals surface area contributed by atoms with E-state index < -0.39 is 18.3 Å². The summed E-state index contributed by atoms with van der Waals surface area (Å²) in [6.45, 7) is 8.42. The van der Waals surface area contributed by atoms with Gasteiger partial charge in [-0.3, -0.25) is 0 Å². The van der Waals surface area contributed by atoms with Gasteiger partial charge in [-0.1, -0.05) is 115 Å². The predicted molar refractivity (Wildman–Crippen MR) is 193 cm³/mol. The van der Waals surface area contributed by atoms with Gasteiger partial charge in [0, 0.05) is 22.0 Å². The molecule has 1 aliphatic heterocycles. The first kappa shape index (κ1) is 28.6. The first-order valence-electron chi connectivity index (χ1n) is 16.0. The molecule has 0 N–H and O–H groups in total. The van der Waals surface area contributed by atoms with Crippen LogP contribution in [0.1, 0.15) is 27.7 Å². The third kappa shape index (κ3) is 4.77. The molecule has 0 amide bonds. The van der Waals surface area contributed by atoms with Crippen molar-refractivity contribution in [2.45, 2.75) is 38.9 Å². The van der Waals surface area contributed by atoms with E-state index >= 15 is 0 Å². The number of fused-ring (bicyclic) bond motifs is 3. The lowest BCUT2D eigenvalue weighted by atomic mass is 9.78. The molecule has 8 rings (SSSR count). The highest BCUT2D eigenvalue weighted by molar-refractivity contribution is 6.62. The van der Waals surface area contributed by atoms with Crippen molar-refractivity contribution < 1.29 is 9.31 Å². The zero-order valence-corrected chi connectivity index (χ0v) is 26.7. The Morgan fingerprint density at radius 3 is 1.59 bits per heavy atom. The summed E-state index contributed by atoms with van der Waals surface area (Å²) in [5, 5.41) is 2.40. The first-order valence-corrected chi connectivity index (χ1v) is 16.0. The Hall–Kier alpha value is -4.90. The number of hydrogen-bond acceptors (Lipinski definition) is 2. The lowest BCUT2D eigenvalue weighted by Gasteiger charge is -2.32. The first-order chi connectivity index (χ1) is 22.3. The minimum Gasteiger partial charge on any atom is -0.399 e. The van der Waals surface area contributed by atoms with Gasteiger partial charge >= 0.3 is 7.12 Å². The van der Waals surface area contributed by atoms with Gasteiger partial charge in [-0.15, -0.1) is 0 Å². The molecule has 0 saturated carbocycles. The molecule has 4 heteroatoms. The fourth-order valence-electron chi connectivity index (χ4n) is 6.63. The standard InChI is InChI=1S/C42H36BNO2/c1-41(2)42(3,4)46-43(45-41)34-22-25-36-38-27-33(30-16-10-6-11-17-30)26-37(32-18-12-7-13-19-32)40(38)44(39(36)28-34)35-23-20-31(21-24-35)29-14-8-5-9-15-29/h5-28H,1-4H3. The normalized spacial score (nSPS) is 15.5. The third-order valence-corrected chi connectivity index (χ3v) is 9.84. The van der Waals surface area contributed by atoms with Crippen molar-refractivity contribution in [2.75, 3.05) is 0 Å². The molecule has 0 unspecified atom stereocenters. The molecule has 1 saturated heterocycles. The van der Waals surface area contributed by atoms with Crippen LogP contribution in [0.25, 0.3) is 60.9 Å². The van der Waals surface area contributed by atoms with E-state index in [0.717, 1.165) is 16.7 Å². The molecular formula is C42H36BNO2. The van der Waals surface area contributed by atoms with Crippen LogP contribution in [0, 0.1) is 0 Å². The van der Waals surface area contributed by atoms with Gasteiger partial charge in [-0.2, -0.15) is 0 Å². The van der Waals surface area contributed by atoms with E-state index in [1.54, 1.807) is 0 Å². The fourth-order valence-corrected chi connectivity index (χ4v) is 6.63. The van der Waals surface area contributed by atoms with Crippen LogP contribution in [-0.4, -0.2) is 22.9 Å². The maximum absolute atomic E-state index is 6.52. The van der Waals surface area contributed by atoms with Crippen molar-refractivity contribution in [1.82, 2.24) is 4.57 Å². The summed E-state index contributed by atoms with van der Waals surface area (Å²) in [7, 11) is -0.449. The van der Waals surface area contributed by atoms with Gasteiger partial charge in [0.25, 0.3) is 0 Å². The van der Waals surface area contributed by atoms with Crippen molar-refractivity contribution in [1.29, 1.82) is 0 Å². The molecule has 6 aromatic carbocycles. The second-order valence-electron chi connectivity index (χ2n) is 13.3. The molecule has 224 valence electrons. The Morgan fingerprint density at radius 1 is 0.478 bits per heavy atom. The molecule has 0 bridgehead atoms. The Labute approximate surface area is 271 Å². The van der Waals surface area contributed by atoms with E-state index in [4.69, 9.17) is 9.31 Å².